The van der Waals surface area contributed by atoms with Gasteiger partial charge in [-0.1, -0.05) is 52.4 Å². The zero-order valence-corrected chi connectivity index (χ0v) is 10.6. The maximum absolute atomic E-state index is 5.94. The normalized spacial score (nSPS) is 14.4. The van der Waals surface area contributed by atoms with E-state index in [-0.39, 0.29) is 5.54 Å². The Hall–Kier alpha value is -0.0400. The van der Waals surface area contributed by atoms with Crippen LogP contribution in [-0.4, -0.2) is 5.54 Å². The molecule has 0 bridgehead atoms. The van der Waals surface area contributed by atoms with Gasteiger partial charge in [0.2, 0.25) is 0 Å². The summed E-state index contributed by atoms with van der Waals surface area (Å²) < 4.78 is 0. The first-order valence-corrected chi connectivity index (χ1v) is 6.24. The second-order valence-electron chi connectivity index (χ2n) is 5.48. The molecule has 0 heterocycles. The molecule has 0 aliphatic carbocycles. The average Bonchev–Trinajstić information content (AvgIpc) is 2.02. The van der Waals surface area contributed by atoms with Crippen molar-refractivity contribution in [3.63, 3.8) is 0 Å². The first-order valence-electron chi connectivity index (χ1n) is 6.24. The Morgan fingerprint density at radius 2 is 1.64 bits per heavy atom. The summed E-state index contributed by atoms with van der Waals surface area (Å²) in [5, 5.41) is 0. The van der Waals surface area contributed by atoms with Crippen LogP contribution in [0.4, 0.5) is 0 Å². The van der Waals surface area contributed by atoms with Crippen LogP contribution in [-0.2, 0) is 0 Å². The highest BCUT2D eigenvalue weighted by molar-refractivity contribution is 4.71. The molecular formula is C13H29N. The maximum atomic E-state index is 5.94. The van der Waals surface area contributed by atoms with Crippen LogP contribution in [0.2, 0.25) is 0 Å². The lowest BCUT2D eigenvalue weighted by molar-refractivity contribution is 0.393. The van der Waals surface area contributed by atoms with Crippen molar-refractivity contribution in [1.29, 1.82) is 0 Å². The molecular weight excluding hydrogens is 170 g/mol. The predicted octanol–water partition coefficient (Wildman–Crippen LogP) is 4.11. The first kappa shape index (κ1) is 14.0. The summed E-state index contributed by atoms with van der Waals surface area (Å²) in [5.74, 6) is 0.892. The van der Waals surface area contributed by atoms with Gasteiger partial charge in [-0.25, -0.2) is 0 Å². The number of rotatable bonds is 8. The van der Waals surface area contributed by atoms with Crippen LogP contribution in [0.3, 0.4) is 0 Å². The lowest BCUT2D eigenvalue weighted by Gasteiger charge is -2.19. The number of nitrogens with two attached hydrogens (primary N) is 1. The molecule has 1 atom stereocenters. The maximum Gasteiger partial charge on any atom is 0.00970 e. The molecule has 2 N–H and O–H groups in total. The molecule has 0 aromatic heterocycles. The molecule has 1 nitrogen and oxygen atoms in total. The predicted molar refractivity (Wildman–Crippen MR) is 65.4 cm³/mol. The Morgan fingerprint density at radius 3 is 2.14 bits per heavy atom. The van der Waals surface area contributed by atoms with E-state index in [1.165, 1.54) is 38.5 Å². The molecule has 0 fully saturated rings. The largest absolute Gasteiger partial charge is 0.326 e. The first-order chi connectivity index (χ1) is 6.45. The van der Waals surface area contributed by atoms with E-state index in [0.29, 0.717) is 0 Å². The van der Waals surface area contributed by atoms with Crippen molar-refractivity contribution in [2.45, 2.75) is 78.2 Å². The van der Waals surface area contributed by atoms with E-state index in [1.807, 2.05) is 0 Å². The van der Waals surface area contributed by atoms with Gasteiger partial charge in [-0.15, -0.1) is 0 Å². The fraction of sp³-hybridized carbons (Fsp3) is 1.00. The summed E-state index contributed by atoms with van der Waals surface area (Å²) in [4.78, 5) is 0. The van der Waals surface area contributed by atoms with E-state index >= 15 is 0 Å². The number of hydrogen-bond donors (Lipinski definition) is 1. The van der Waals surface area contributed by atoms with Crippen molar-refractivity contribution < 1.29 is 0 Å². The third-order valence-electron chi connectivity index (χ3n) is 2.82. The van der Waals surface area contributed by atoms with Crippen molar-refractivity contribution in [3.05, 3.63) is 0 Å². The van der Waals surface area contributed by atoms with Gasteiger partial charge in [0.1, 0.15) is 0 Å². The highest BCUT2D eigenvalue weighted by atomic mass is 14.7. The monoisotopic (exact) mass is 199 g/mol. The van der Waals surface area contributed by atoms with Gasteiger partial charge in [-0.05, 0) is 26.2 Å². The molecule has 0 radical (unpaired) electrons. The Kier molecular flexibility index (Phi) is 7.26. The van der Waals surface area contributed by atoms with Gasteiger partial charge >= 0.3 is 0 Å². The zero-order chi connectivity index (χ0) is 11.0. The zero-order valence-electron chi connectivity index (χ0n) is 10.6. The second kappa shape index (κ2) is 7.28. The molecule has 0 rings (SSSR count). The minimum absolute atomic E-state index is 0.0309. The molecule has 1 heteroatoms. The van der Waals surface area contributed by atoms with Gasteiger partial charge < -0.3 is 5.73 Å². The lowest BCUT2D eigenvalue weighted by atomic mass is 9.92. The number of hydrogen-bond acceptors (Lipinski definition) is 1. The van der Waals surface area contributed by atoms with E-state index in [1.54, 1.807) is 0 Å². The average molecular weight is 199 g/mol. The summed E-state index contributed by atoms with van der Waals surface area (Å²) in [7, 11) is 0. The fourth-order valence-corrected chi connectivity index (χ4v) is 1.79. The summed E-state index contributed by atoms with van der Waals surface area (Å²) in [6.07, 6.45) is 9.34. The van der Waals surface area contributed by atoms with Gasteiger partial charge in [0.15, 0.2) is 0 Å². The Bertz CT molecular complexity index is 124. The smallest absolute Gasteiger partial charge is 0.00970 e. The number of unbranched alkanes of at least 4 members (excludes halogenated alkanes) is 2. The highest BCUT2D eigenvalue weighted by Crippen LogP contribution is 2.18. The Labute approximate surface area is 90.5 Å². The lowest BCUT2D eigenvalue weighted by Crippen LogP contribution is -2.31. The highest BCUT2D eigenvalue weighted by Gasteiger charge is 2.10. The van der Waals surface area contributed by atoms with Crippen LogP contribution >= 0.6 is 0 Å². The Balaban J connectivity index is 3.31. The van der Waals surface area contributed by atoms with Gasteiger partial charge in [-0.3, -0.25) is 0 Å². The molecule has 0 amide bonds. The fourth-order valence-electron chi connectivity index (χ4n) is 1.79. The second-order valence-corrected chi connectivity index (χ2v) is 5.48. The van der Waals surface area contributed by atoms with E-state index < -0.39 is 0 Å². The molecule has 0 aromatic carbocycles. The van der Waals surface area contributed by atoms with E-state index in [2.05, 4.69) is 27.7 Å². The summed E-state index contributed by atoms with van der Waals surface area (Å²) in [6, 6.07) is 0. The van der Waals surface area contributed by atoms with E-state index in [4.69, 9.17) is 5.73 Å². The third kappa shape index (κ3) is 10.0. The molecule has 1 unspecified atom stereocenters. The minimum Gasteiger partial charge on any atom is -0.326 e. The summed E-state index contributed by atoms with van der Waals surface area (Å²) in [6.45, 7) is 8.88. The van der Waals surface area contributed by atoms with Crippen LogP contribution in [0.1, 0.15) is 72.6 Å². The van der Waals surface area contributed by atoms with Gasteiger partial charge in [-0.2, -0.15) is 0 Å². The van der Waals surface area contributed by atoms with Crippen molar-refractivity contribution in [2.75, 3.05) is 0 Å². The molecule has 0 aromatic rings. The van der Waals surface area contributed by atoms with Crippen LogP contribution < -0.4 is 5.73 Å². The molecule has 0 saturated heterocycles. The third-order valence-corrected chi connectivity index (χ3v) is 2.82. The molecule has 0 aliphatic heterocycles. The van der Waals surface area contributed by atoms with Gasteiger partial charge in [0, 0.05) is 5.54 Å². The summed E-state index contributed by atoms with van der Waals surface area (Å²) >= 11 is 0. The van der Waals surface area contributed by atoms with E-state index in [9.17, 15) is 0 Å². The van der Waals surface area contributed by atoms with Crippen molar-refractivity contribution >= 4 is 0 Å². The molecule has 0 spiro atoms. The molecule has 0 saturated carbocycles. The van der Waals surface area contributed by atoms with Crippen molar-refractivity contribution in [1.82, 2.24) is 0 Å². The van der Waals surface area contributed by atoms with E-state index in [0.717, 1.165) is 12.3 Å². The van der Waals surface area contributed by atoms with Crippen LogP contribution in [0.25, 0.3) is 0 Å². The van der Waals surface area contributed by atoms with Gasteiger partial charge in [0.25, 0.3) is 0 Å². The quantitative estimate of drug-likeness (QED) is 0.585. The molecule has 86 valence electrons. The Morgan fingerprint density at radius 1 is 1.07 bits per heavy atom. The van der Waals surface area contributed by atoms with Crippen LogP contribution in [0.15, 0.2) is 0 Å². The van der Waals surface area contributed by atoms with Crippen molar-refractivity contribution in [2.24, 2.45) is 11.7 Å². The van der Waals surface area contributed by atoms with Crippen LogP contribution in [0, 0.1) is 5.92 Å². The molecule has 14 heavy (non-hydrogen) atoms. The van der Waals surface area contributed by atoms with Crippen molar-refractivity contribution in [3.8, 4) is 0 Å². The SMILES string of the molecule is CCCCCC(C)CCCC(C)(C)N. The van der Waals surface area contributed by atoms with Crippen LogP contribution in [0.5, 0.6) is 0 Å². The molecule has 0 aliphatic rings. The topological polar surface area (TPSA) is 26.0 Å². The van der Waals surface area contributed by atoms with Gasteiger partial charge in [0.05, 0.1) is 0 Å². The summed E-state index contributed by atoms with van der Waals surface area (Å²) in [5.41, 5.74) is 5.97. The minimum atomic E-state index is 0.0309. The standard InChI is InChI=1S/C13H29N/c1-5-6-7-9-12(2)10-8-11-13(3,4)14/h12H,5-11,14H2,1-4H3.